The minimum absolute atomic E-state index is 0.258. The van der Waals surface area contributed by atoms with Gasteiger partial charge >= 0.3 is 0 Å². The summed E-state index contributed by atoms with van der Waals surface area (Å²) >= 11 is 1.60. The van der Waals surface area contributed by atoms with E-state index in [4.69, 9.17) is 0 Å². The Labute approximate surface area is 113 Å². The Balaban J connectivity index is 1.92. The molecule has 1 aromatic heterocycles. The molecule has 1 saturated heterocycles. The number of sulfonamides is 1. The summed E-state index contributed by atoms with van der Waals surface area (Å²) in [4.78, 5) is 0. The molecule has 0 aliphatic carbocycles. The molecule has 1 aromatic rings. The minimum atomic E-state index is -3.14. The quantitative estimate of drug-likeness (QED) is 0.893. The third kappa shape index (κ3) is 3.78. The fourth-order valence-corrected chi connectivity index (χ4v) is 4.37. The molecule has 6 heteroatoms. The monoisotopic (exact) mass is 288 g/mol. The maximum Gasteiger partial charge on any atom is 0.214 e. The van der Waals surface area contributed by atoms with Crippen LogP contribution in [-0.4, -0.2) is 38.6 Å². The van der Waals surface area contributed by atoms with E-state index in [1.165, 1.54) is 4.31 Å². The van der Waals surface area contributed by atoms with Crippen molar-refractivity contribution in [1.29, 1.82) is 0 Å². The largest absolute Gasteiger partial charge is 0.316 e. The molecule has 0 bridgehead atoms. The number of thiophene rings is 1. The topological polar surface area (TPSA) is 49.4 Å². The summed E-state index contributed by atoms with van der Waals surface area (Å²) in [5.74, 6) is 0.523. The molecule has 2 heterocycles. The van der Waals surface area contributed by atoms with Crippen LogP contribution in [0.15, 0.2) is 16.8 Å². The number of hydrogen-bond acceptors (Lipinski definition) is 4. The molecule has 1 aliphatic rings. The fourth-order valence-electron chi connectivity index (χ4n) is 2.23. The van der Waals surface area contributed by atoms with E-state index >= 15 is 0 Å². The summed E-state index contributed by atoms with van der Waals surface area (Å²) in [5, 5.41) is 7.23. The van der Waals surface area contributed by atoms with E-state index in [0.717, 1.165) is 31.5 Å². The fraction of sp³-hybridized carbons (Fsp3) is 0.667. The van der Waals surface area contributed by atoms with Gasteiger partial charge in [0.2, 0.25) is 10.0 Å². The van der Waals surface area contributed by atoms with E-state index in [0.29, 0.717) is 6.54 Å². The molecule has 4 nitrogen and oxygen atoms in total. The lowest BCUT2D eigenvalue weighted by molar-refractivity contribution is 0.391. The molecular formula is C12H20N2O2S2. The van der Waals surface area contributed by atoms with Crippen molar-refractivity contribution in [3.05, 3.63) is 22.4 Å². The van der Waals surface area contributed by atoms with Gasteiger partial charge in [0.1, 0.15) is 0 Å². The molecule has 0 aromatic carbocycles. The zero-order valence-electron chi connectivity index (χ0n) is 10.6. The van der Waals surface area contributed by atoms with Crippen LogP contribution in [-0.2, 0) is 16.6 Å². The lowest BCUT2D eigenvalue weighted by atomic mass is 10.0. The molecule has 0 radical (unpaired) electrons. The number of hydrogen-bond donors (Lipinski definition) is 1. The van der Waals surface area contributed by atoms with Crippen molar-refractivity contribution in [3.63, 3.8) is 0 Å². The van der Waals surface area contributed by atoms with Gasteiger partial charge in [-0.05, 0) is 54.2 Å². The number of nitrogens with one attached hydrogen (secondary N) is 1. The van der Waals surface area contributed by atoms with E-state index in [2.05, 4.69) is 5.32 Å². The van der Waals surface area contributed by atoms with Crippen LogP contribution < -0.4 is 5.32 Å². The second-order valence-corrected chi connectivity index (χ2v) is 7.78. The molecule has 1 atom stereocenters. The summed E-state index contributed by atoms with van der Waals surface area (Å²) in [6, 6.07) is 1.97. The third-order valence-electron chi connectivity index (χ3n) is 3.31. The van der Waals surface area contributed by atoms with E-state index in [1.54, 1.807) is 18.4 Å². The normalized spacial score (nSPS) is 21.3. The van der Waals surface area contributed by atoms with Crippen LogP contribution in [0.3, 0.4) is 0 Å². The first-order chi connectivity index (χ1) is 8.58. The van der Waals surface area contributed by atoms with Crippen molar-refractivity contribution >= 4 is 21.4 Å². The molecule has 1 unspecified atom stereocenters. The molecule has 0 saturated carbocycles. The first kappa shape index (κ1) is 14.0. The van der Waals surface area contributed by atoms with E-state index < -0.39 is 10.0 Å². The maximum absolute atomic E-state index is 12.2. The lowest BCUT2D eigenvalue weighted by Gasteiger charge is -2.25. The highest BCUT2D eigenvalue weighted by Crippen LogP contribution is 2.16. The number of piperidine rings is 1. The van der Waals surface area contributed by atoms with Gasteiger partial charge < -0.3 is 5.32 Å². The van der Waals surface area contributed by atoms with E-state index in [9.17, 15) is 8.42 Å². The average Bonchev–Trinajstić information content (AvgIpc) is 2.82. The Kier molecular flexibility index (Phi) is 4.77. The van der Waals surface area contributed by atoms with Crippen LogP contribution in [0.2, 0.25) is 0 Å². The van der Waals surface area contributed by atoms with E-state index in [1.807, 2.05) is 16.8 Å². The van der Waals surface area contributed by atoms with Crippen molar-refractivity contribution in [2.45, 2.75) is 19.4 Å². The minimum Gasteiger partial charge on any atom is -0.316 e. The van der Waals surface area contributed by atoms with Gasteiger partial charge in [-0.15, -0.1) is 0 Å². The van der Waals surface area contributed by atoms with Crippen LogP contribution in [0.25, 0.3) is 0 Å². The van der Waals surface area contributed by atoms with Gasteiger partial charge in [-0.25, -0.2) is 12.7 Å². The molecule has 1 fully saturated rings. The van der Waals surface area contributed by atoms with Gasteiger partial charge in [-0.2, -0.15) is 11.3 Å². The summed E-state index contributed by atoms with van der Waals surface area (Å²) in [5.41, 5.74) is 1.06. The molecule has 0 spiro atoms. The van der Waals surface area contributed by atoms with Crippen molar-refractivity contribution in [2.75, 3.05) is 25.9 Å². The summed E-state index contributed by atoms with van der Waals surface area (Å²) < 4.78 is 25.9. The molecule has 2 rings (SSSR count). The van der Waals surface area contributed by atoms with Crippen LogP contribution in [0.5, 0.6) is 0 Å². The maximum atomic E-state index is 12.2. The Morgan fingerprint density at radius 3 is 3.00 bits per heavy atom. The predicted octanol–water partition coefficient (Wildman–Crippen LogP) is 1.51. The van der Waals surface area contributed by atoms with E-state index in [-0.39, 0.29) is 11.7 Å². The van der Waals surface area contributed by atoms with Crippen LogP contribution in [0, 0.1) is 5.92 Å². The van der Waals surface area contributed by atoms with Crippen molar-refractivity contribution in [2.24, 2.45) is 5.92 Å². The highest BCUT2D eigenvalue weighted by atomic mass is 32.2. The molecule has 18 heavy (non-hydrogen) atoms. The first-order valence-electron chi connectivity index (χ1n) is 6.24. The second kappa shape index (κ2) is 6.14. The van der Waals surface area contributed by atoms with Crippen molar-refractivity contribution in [3.8, 4) is 0 Å². The number of rotatable bonds is 5. The van der Waals surface area contributed by atoms with Gasteiger partial charge in [0.25, 0.3) is 0 Å². The zero-order chi connectivity index (χ0) is 13.0. The lowest BCUT2D eigenvalue weighted by Crippen LogP contribution is -2.38. The smallest absolute Gasteiger partial charge is 0.214 e. The number of nitrogens with zero attached hydrogens (tertiary/aromatic N) is 1. The zero-order valence-corrected chi connectivity index (χ0v) is 12.3. The van der Waals surface area contributed by atoms with Gasteiger partial charge in [0.05, 0.1) is 5.75 Å². The Bertz CT molecular complexity index is 450. The molecule has 0 amide bonds. The summed E-state index contributed by atoms with van der Waals surface area (Å²) in [7, 11) is -1.47. The third-order valence-corrected chi connectivity index (χ3v) is 6.01. The molecule has 102 valence electrons. The molecular weight excluding hydrogens is 268 g/mol. The predicted molar refractivity (Wildman–Crippen MR) is 75.2 cm³/mol. The van der Waals surface area contributed by atoms with Gasteiger partial charge in [-0.3, -0.25) is 0 Å². The highest BCUT2D eigenvalue weighted by molar-refractivity contribution is 7.89. The van der Waals surface area contributed by atoms with Gasteiger partial charge in [-0.1, -0.05) is 0 Å². The SMILES string of the molecule is CN(Cc1ccsc1)S(=O)(=O)CC1CCCNC1. The Hall–Kier alpha value is -0.430. The van der Waals surface area contributed by atoms with Gasteiger partial charge in [0.15, 0.2) is 0 Å². The van der Waals surface area contributed by atoms with Crippen LogP contribution >= 0.6 is 11.3 Å². The Morgan fingerprint density at radius 2 is 2.39 bits per heavy atom. The highest BCUT2D eigenvalue weighted by Gasteiger charge is 2.24. The van der Waals surface area contributed by atoms with Crippen LogP contribution in [0.4, 0.5) is 0 Å². The molecule has 1 N–H and O–H groups in total. The van der Waals surface area contributed by atoms with Crippen molar-refractivity contribution in [1.82, 2.24) is 9.62 Å². The summed E-state index contributed by atoms with van der Waals surface area (Å²) in [6.45, 7) is 2.32. The average molecular weight is 288 g/mol. The van der Waals surface area contributed by atoms with Crippen LogP contribution in [0.1, 0.15) is 18.4 Å². The Morgan fingerprint density at radius 1 is 1.56 bits per heavy atom. The second-order valence-electron chi connectivity index (χ2n) is 4.88. The summed E-state index contributed by atoms with van der Waals surface area (Å²) in [6.07, 6.45) is 2.09. The molecule has 1 aliphatic heterocycles. The standard InChI is InChI=1S/C12H20N2O2S2/c1-14(8-12-4-6-17-9-12)18(15,16)10-11-3-2-5-13-7-11/h4,6,9,11,13H,2-3,5,7-8,10H2,1H3. The van der Waals surface area contributed by atoms with Gasteiger partial charge in [0, 0.05) is 13.6 Å². The first-order valence-corrected chi connectivity index (χ1v) is 8.79. The van der Waals surface area contributed by atoms with Crippen molar-refractivity contribution < 1.29 is 8.42 Å².